The minimum Gasteiger partial charge on any atom is -0.370 e. The molecule has 2 heterocycles. The molecule has 10 heteroatoms. The number of nitrogens with zero attached hydrogens (tertiary/aromatic N) is 4. The van der Waals surface area contributed by atoms with E-state index in [0.717, 1.165) is 17.0 Å². The summed E-state index contributed by atoms with van der Waals surface area (Å²) in [6.45, 7) is 2.24. The van der Waals surface area contributed by atoms with E-state index in [1.165, 1.54) is 6.33 Å². The van der Waals surface area contributed by atoms with Crippen molar-refractivity contribution in [3.8, 4) is 0 Å². The lowest BCUT2D eigenvalue weighted by atomic mass is 10.1. The Morgan fingerprint density at radius 2 is 2.12 bits per heavy atom. The summed E-state index contributed by atoms with van der Waals surface area (Å²) < 4.78 is 41.7. The van der Waals surface area contributed by atoms with Gasteiger partial charge in [-0.25, -0.2) is 9.50 Å². The summed E-state index contributed by atoms with van der Waals surface area (Å²) in [5, 5.41) is 6.59. The molecule has 0 aromatic carbocycles. The van der Waals surface area contributed by atoms with Crippen LogP contribution in [0, 0.1) is 13.8 Å². The van der Waals surface area contributed by atoms with Gasteiger partial charge in [0.2, 0.25) is 5.91 Å². The van der Waals surface area contributed by atoms with Crippen LogP contribution >= 0.6 is 0 Å². The van der Waals surface area contributed by atoms with E-state index in [0.29, 0.717) is 12.2 Å². The lowest BCUT2D eigenvalue weighted by Gasteiger charge is -2.11. The molecule has 2 aromatic heterocycles. The van der Waals surface area contributed by atoms with Crippen molar-refractivity contribution in [1.82, 2.24) is 24.9 Å². The van der Waals surface area contributed by atoms with Gasteiger partial charge < -0.3 is 10.1 Å². The third-order valence-electron chi connectivity index (χ3n) is 3.42. The Labute approximate surface area is 136 Å². The zero-order chi connectivity index (χ0) is 17.7. The van der Waals surface area contributed by atoms with Crippen LogP contribution in [0.2, 0.25) is 0 Å². The Morgan fingerprint density at radius 1 is 1.38 bits per heavy atom. The van der Waals surface area contributed by atoms with Crippen molar-refractivity contribution in [2.24, 2.45) is 0 Å². The van der Waals surface area contributed by atoms with E-state index in [1.54, 1.807) is 4.52 Å². The van der Waals surface area contributed by atoms with E-state index in [-0.39, 0.29) is 25.5 Å². The number of nitrogens with one attached hydrogen (secondary N) is 1. The van der Waals surface area contributed by atoms with Crippen molar-refractivity contribution in [3.63, 3.8) is 0 Å². The number of carbonyl (C=O) groups excluding carboxylic acids is 1. The predicted molar refractivity (Wildman–Crippen MR) is 78.5 cm³/mol. The smallest absolute Gasteiger partial charge is 0.370 e. The van der Waals surface area contributed by atoms with Crippen LogP contribution in [-0.4, -0.2) is 51.4 Å². The van der Waals surface area contributed by atoms with E-state index in [1.807, 2.05) is 13.8 Å². The molecule has 0 bridgehead atoms. The molecule has 1 N–H and O–H groups in total. The molecule has 2 rings (SSSR count). The number of alkyl halides is 3. The number of amides is 1. The maximum atomic E-state index is 11.9. The molecule has 0 aliphatic carbocycles. The summed E-state index contributed by atoms with van der Waals surface area (Å²) in [4.78, 5) is 20.1. The Balaban J connectivity index is 1.80. The van der Waals surface area contributed by atoms with Crippen LogP contribution in [0.25, 0.3) is 5.78 Å². The van der Waals surface area contributed by atoms with Gasteiger partial charge in [0.25, 0.3) is 5.78 Å². The summed E-state index contributed by atoms with van der Waals surface area (Å²) in [7, 11) is 0. The van der Waals surface area contributed by atoms with E-state index >= 15 is 0 Å². The number of ether oxygens (including phenoxy) is 1. The molecule has 132 valence electrons. The van der Waals surface area contributed by atoms with Gasteiger partial charge in [0, 0.05) is 24.4 Å². The lowest BCUT2D eigenvalue weighted by Crippen LogP contribution is -2.29. The maximum absolute atomic E-state index is 11.9. The van der Waals surface area contributed by atoms with E-state index < -0.39 is 12.8 Å². The first-order valence-electron chi connectivity index (χ1n) is 7.35. The van der Waals surface area contributed by atoms with Gasteiger partial charge in [-0.15, -0.1) is 0 Å². The second-order valence-electron chi connectivity index (χ2n) is 5.25. The molecular weight excluding hydrogens is 327 g/mol. The van der Waals surface area contributed by atoms with Gasteiger partial charge in [0.15, 0.2) is 0 Å². The Bertz CT molecular complexity index is 714. The van der Waals surface area contributed by atoms with E-state index in [4.69, 9.17) is 0 Å². The Kier molecular flexibility index (Phi) is 5.71. The van der Waals surface area contributed by atoms with Crippen molar-refractivity contribution in [3.05, 3.63) is 23.3 Å². The summed E-state index contributed by atoms with van der Waals surface area (Å²) >= 11 is 0. The highest BCUT2D eigenvalue weighted by atomic mass is 19.4. The first-order valence-corrected chi connectivity index (χ1v) is 7.35. The molecule has 0 spiro atoms. The van der Waals surface area contributed by atoms with Crippen LogP contribution in [0.3, 0.4) is 0 Å². The number of carbonyl (C=O) groups is 1. The minimum atomic E-state index is -4.36. The standard InChI is InChI=1S/C14H18F3N5O2/c1-9-11(10(2)22-13(21-9)19-8-20-22)3-4-12(23)18-5-6-24-7-14(15,16)17/h8H,3-7H2,1-2H3,(H,18,23). The monoisotopic (exact) mass is 345 g/mol. The van der Waals surface area contributed by atoms with Crippen molar-refractivity contribution < 1.29 is 22.7 Å². The number of aromatic nitrogens is 4. The zero-order valence-corrected chi connectivity index (χ0v) is 13.4. The van der Waals surface area contributed by atoms with E-state index in [2.05, 4.69) is 25.1 Å². The van der Waals surface area contributed by atoms with Crippen LogP contribution in [0.15, 0.2) is 6.33 Å². The molecule has 0 saturated carbocycles. The maximum Gasteiger partial charge on any atom is 0.411 e. The summed E-state index contributed by atoms with van der Waals surface area (Å²) in [5.41, 5.74) is 2.53. The Morgan fingerprint density at radius 3 is 2.83 bits per heavy atom. The van der Waals surface area contributed by atoms with Crippen molar-refractivity contribution >= 4 is 11.7 Å². The van der Waals surface area contributed by atoms with Crippen molar-refractivity contribution in [2.75, 3.05) is 19.8 Å². The van der Waals surface area contributed by atoms with Gasteiger partial charge in [0.1, 0.15) is 12.9 Å². The minimum absolute atomic E-state index is 0.0350. The van der Waals surface area contributed by atoms with Gasteiger partial charge in [-0.3, -0.25) is 4.79 Å². The molecule has 0 saturated heterocycles. The fourth-order valence-electron chi connectivity index (χ4n) is 2.29. The fourth-order valence-corrected chi connectivity index (χ4v) is 2.29. The molecule has 1 amide bonds. The summed E-state index contributed by atoms with van der Waals surface area (Å²) in [5.74, 6) is 0.239. The van der Waals surface area contributed by atoms with Crippen LogP contribution in [0.1, 0.15) is 23.4 Å². The molecule has 0 fully saturated rings. The van der Waals surface area contributed by atoms with E-state index in [9.17, 15) is 18.0 Å². The molecule has 0 aliphatic heterocycles. The van der Waals surface area contributed by atoms with Gasteiger partial charge >= 0.3 is 6.18 Å². The average Bonchev–Trinajstić information content (AvgIpc) is 2.93. The molecule has 0 unspecified atom stereocenters. The molecule has 0 aliphatic rings. The van der Waals surface area contributed by atoms with Gasteiger partial charge in [-0.05, 0) is 25.8 Å². The summed E-state index contributed by atoms with van der Waals surface area (Å²) in [6.07, 6.45) is -2.29. The SMILES string of the molecule is Cc1nc2ncnn2c(C)c1CCC(=O)NCCOCC(F)(F)F. The van der Waals surface area contributed by atoms with Crippen LogP contribution in [-0.2, 0) is 16.0 Å². The zero-order valence-electron chi connectivity index (χ0n) is 13.4. The number of aryl methyl sites for hydroxylation is 2. The molecule has 0 atom stereocenters. The highest BCUT2D eigenvalue weighted by molar-refractivity contribution is 5.76. The number of halogens is 3. The van der Waals surface area contributed by atoms with Crippen LogP contribution in [0.5, 0.6) is 0 Å². The topological polar surface area (TPSA) is 81.4 Å². The number of hydrogen-bond acceptors (Lipinski definition) is 5. The van der Waals surface area contributed by atoms with Crippen molar-refractivity contribution in [2.45, 2.75) is 32.9 Å². The van der Waals surface area contributed by atoms with Crippen molar-refractivity contribution in [1.29, 1.82) is 0 Å². The number of hydrogen-bond donors (Lipinski definition) is 1. The van der Waals surface area contributed by atoms with Crippen LogP contribution in [0.4, 0.5) is 13.2 Å². The van der Waals surface area contributed by atoms with Gasteiger partial charge in [-0.2, -0.15) is 23.3 Å². The second kappa shape index (κ2) is 7.56. The van der Waals surface area contributed by atoms with Crippen LogP contribution < -0.4 is 5.32 Å². The third-order valence-corrected chi connectivity index (χ3v) is 3.42. The molecule has 7 nitrogen and oxygen atoms in total. The largest absolute Gasteiger partial charge is 0.411 e. The third kappa shape index (κ3) is 4.88. The molecule has 0 radical (unpaired) electrons. The fraction of sp³-hybridized carbons (Fsp3) is 0.571. The molecule has 24 heavy (non-hydrogen) atoms. The highest BCUT2D eigenvalue weighted by Gasteiger charge is 2.27. The predicted octanol–water partition coefficient (Wildman–Crippen LogP) is 1.37. The molecule has 2 aromatic rings. The van der Waals surface area contributed by atoms with Gasteiger partial charge in [0.05, 0.1) is 6.61 Å². The normalized spacial score (nSPS) is 11.9. The number of rotatable bonds is 7. The second-order valence-corrected chi connectivity index (χ2v) is 5.25. The highest BCUT2D eigenvalue weighted by Crippen LogP contribution is 2.15. The molecular formula is C14H18F3N5O2. The Hall–Kier alpha value is -2.23. The number of fused-ring (bicyclic) bond motifs is 1. The first-order chi connectivity index (χ1) is 11.3. The quantitative estimate of drug-likeness (QED) is 0.767. The van der Waals surface area contributed by atoms with Gasteiger partial charge in [-0.1, -0.05) is 0 Å². The summed E-state index contributed by atoms with van der Waals surface area (Å²) in [6, 6.07) is 0. The first kappa shape index (κ1) is 18.1. The average molecular weight is 345 g/mol. The lowest BCUT2D eigenvalue weighted by molar-refractivity contribution is -0.173.